The van der Waals surface area contributed by atoms with Gasteiger partial charge < -0.3 is 3.87 Å². The number of rotatable bonds is 1. The topological polar surface area (TPSA) is 9.23 Å². The van der Waals surface area contributed by atoms with Crippen LogP contribution < -0.4 is 0 Å². The van der Waals surface area contributed by atoms with Crippen molar-refractivity contribution >= 4 is 33.2 Å². The molecule has 0 aromatic heterocycles. The fourth-order valence-electron chi connectivity index (χ4n) is 0. The predicted molar refractivity (Wildman–Crippen MR) is 32.1 cm³/mol. The molecular weight excluding hydrogens is 120 g/mol. The van der Waals surface area contributed by atoms with Crippen LogP contribution in [0.25, 0.3) is 0 Å². The van der Waals surface area contributed by atoms with Gasteiger partial charge in [-0.2, -0.15) is 12.1 Å². The highest BCUT2D eigenvalue weighted by atomic mass is 32.3. The van der Waals surface area contributed by atoms with Crippen molar-refractivity contribution < 1.29 is 3.87 Å². The lowest BCUT2D eigenvalue weighted by Crippen LogP contribution is -1.92. The minimum absolute atomic E-state index is 1.09. The van der Waals surface area contributed by atoms with E-state index in [1.54, 1.807) is 0 Å². The first-order valence-corrected chi connectivity index (χ1v) is 5.31. The van der Waals surface area contributed by atoms with Crippen LogP contribution in [-0.4, -0.2) is 8.19 Å². The van der Waals surface area contributed by atoms with E-state index in [0.717, 1.165) is 0 Å². The summed E-state index contributed by atoms with van der Waals surface area (Å²) >= 11 is 7.44. The van der Waals surface area contributed by atoms with Gasteiger partial charge in [-0.25, -0.2) is 0 Å². The van der Waals surface area contributed by atoms with Crippen LogP contribution >= 0.6 is 25.0 Å². The van der Waals surface area contributed by atoms with Crippen LogP contribution in [0.1, 0.15) is 0 Å². The van der Waals surface area contributed by atoms with Crippen LogP contribution in [0, 0.1) is 0 Å². The molecule has 0 aliphatic rings. The van der Waals surface area contributed by atoms with Crippen LogP contribution in [0.2, 0.25) is 6.55 Å². The molecule has 1 nitrogen and oxygen atoms in total. The van der Waals surface area contributed by atoms with Crippen LogP contribution in [0.3, 0.4) is 0 Å². The van der Waals surface area contributed by atoms with Gasteiger partial charge in [-0.05, 0) is 19.5 Å². The first-order chi connectivity index (χ1) is 2.27. The lowest BCUT2D eigenvalue weighted by atomic mass is 11.9. The predicted octanol–water partition coefficient (Wildman–Crippen LogP) is 0.628. The molecule has 0 amide bonds. The van der Waals surface area contributed by atoms with E-state index >= 15 is 0 Å². The van der Waals surface area contributed by atoms with E-state index in [9.17, 15) is 0 Å². The van der Waals surface area contributed by atoms with Gasteiger partial charge in [0.15, 0.2) is 0 Å². The Morgan fingerprint density at radius 2 is 2.00 bits per heavy atom. The average Bonchev–Trinajstić information content (AvgIpc) is 1.38. The molecule has 1 atom stereocenters. The SMILES string of the molecule is C[SiH](S)OS. The van der Waals surface area contributed by atoms with Crippen molar-refractivity contribution in [2.75, 3.05) is 0 Å². The summed E-state index contributed by atoms with van der Waals surface area (Å²) in [6.07, 6.45) is 0. The summed E-state index contributed by atoms with van der Waals surface area (Å²) in [5, 5.41) is 0. The first kappa shape index (κ1) is 5.88. The fourth-order valence-corrected chi connectivity index (χ4v) is 0. The smallest absolute Gasteiger partial charge is 0.249 e. The molecule has 0 aromatic carbocycles. The molecule has 0 aliphatic heterocycles. The van der Waals surface area contributed by atoms with Gasteiger partial charge in [-0.15, -0.1) is 0 Å². The van der Waals surface area contributed by atoms with Gasteiger partial charge in [-0.1, -0.05) is 0 Å². The molecule has 4 heteroatoms. The Balaban J connectivity index is 2.54. The van der Waals surface area contributed by atoms with Gasteiger partial charge >= 0.3 is 0 Å². The molecule has 0 rings (SSSR count). The minimum Gasteiger partial charge on any atom is -0.351 e. The van der Waals surface area contributed by atoms with E-state index in [-0.39, 0.29) is 0 Å². The summed E-state index contributed by atoms with van der Waals surface area (Å²) in [6, 6.07) is 0. The van der Waals surface area contributed by atoms with Crippen molar-refractivity contribution in [3.05, 3.63) is 0 Å². The quantitative estimate of drug-likeness (QED) is 0.298. The van der Waals surface area contributed by atoms with E-state index in [1.165, 1.54) is 0 Å². The molecule has 1 unspecified atom stereocenters. The highest BCUT2D eigenvalue weighted by Gasteiger charge is 1.86. The molecule has 0 radical (unpaired) electrons. The van der Waals surface area contributed by atoms with Crippen LogP contribution in [-0.2, 0) is 3.87 Å². The van der Waals surface area contributed by atoms with Crippen molar-refractivity contribution in [2.45, 2.75) is 6.55 Å². The molecule has 0 fully saturated rings. The second kappa shape index (κ2) is 3.08. The summed E-state index contributed by atoms with van der Waals surface area (Å²) in [5.74, 6) is 0. The second-order valence-corrected chi connectivity index (χ2v) is 4.93. The number of thiol groups is 2. The van der Waals surface area contributed by atoms with Crippen molar-refractivity contribution in [3.63, 3.8) is 0 Å². The van der Waals surface area contributed by atoms with Crippen LogP contribution in [0.15, 0.2) is 0 Å². The summed E-state index contributed by atoms with van der Waals surface area (Å²) in [6.45, 7) is 1.93. The zero-order valence-corrected chi connectivity index (χ0v) is 5.82. The Hall–Kier alpha value is 0.877. The van der Waals surface area contributed by atoms with Crippen molar-refractivity contribution in [3.8, 4) is 0 Å². The van der Waals surface area contributed by atoms with E-state index in [4.69, 9.17) is 0 Å². The lowest BCUT2D eigenvalue weighted by Gasteiger charge is -1.88. The van der Waals surface area contributed by atoms with Crippen LogP contribution in [0.4, 0.5) is 0 Å². The van der Waals surface area contributed by atoms with E-state index in [0.29, 0.717) is 0 Å². The Morgan fingerprint density at radius 1 is 1.80 bits per heavy atom. The highest BCUT2D eigenvalue weighted by Crippen LogP contribution is 1.89. The average molecular weight is 126 g/mol. The van der Waals surface area contributed by atoms with Crippen LogP contribution in [0.5, 0.6) is 0 Å². The van der Waals surface area contributed by atoms with Gasteiger partial charge in [-0.3, -0.25) is 0 Å². The standard InChI is InChI=1S/CH6OS2Si/c1-5(4)2-3/h3-5H,1H3. The molecule has 5 heavy (non-hydrogen) atoms. The maximum absolute atomic E-state index is 4.45. The Labute approximate surface area is 44.1 Å². The Kier molecular flexibility index (Phi) is 3.62. The van der Waals surface area contributed by atoms with Crippen molar-refractivity contribution in [2.24, 2.45) is 0 Å². The fraction of sp³-hybridized carbons (Fsp3) is 1.00. The van der Waals surface area contributed by atoms with E-state index in [2.05, 4.69) is 28.9 Å². The largest absolute Gasteiger partial charge is 0.351 e. The molecule has 0 N–H and O–H groups in total. The maximum atomic E-state index is 4.45. The van der Waals surface area contributed by atoms with Crippen molar-refractivity contribution in [1.29, 1.82) is 0 Å². The summed E-state index contributed by atoms with van der Waals surface area (Å²) in [5.41, 5.74) is 0. The van der Waals surface area contributed by atoms with E-state index < -0.39 is 8.19 Å². The molecule has 0 bridgehead atoms. The summed E-state index contributed by atoms with van der Waals surface area (Å²) in [7, 11) is -1.09. The first-order valence-electron chi connectivity index (χ1n) is 1.25. The van der Waals surface area contributed by atoms with Gasteiger partial charge in [0.25, 0.3) is 0 Å². The number of hydrogen-bond acceptors (Lipinski definition) is 3. The van der Waals surface area contributed by atoms with Gasteiger partial charge in [0.2, 0.25) is 8.19 Å². The maximum Gasteiger partial charge on any atom is 0.249 e. The molecule has 32 valence electrons. The molecule has 0 saturated heterocycles. The molecular formula is CH6OS2Si. The number of hydrogen-bond donors (Lipinski definition) is 2. The van der Waals surface area contributed by atoms with E-state index in [1.807, 2.05) is 6.55 Å². The highest BCUT2D eigenvalue weighted by molar-refractivity contribution is 8.10. The minimum atomic E-state index is -1.09. The van der Waals surface area contributed by atoms with Gasteiger partial charge in [0.1, 0.15) is 0 Å². The summed E-state index contributed by atoms with van der Waals surface area (Å²) < 4.78 is 4.45. The van der Waals surface area contributed by atoms with Crippen molar-refractivity contribution in [1.82, 2.24) is 0 Å². The lowest BCUT2D eigenvalue weighted by molar-refractivity contribution is 0.712. The normalized spacial score (nSPS) is 15.0. The monoisotopic (exact) mass is 126 g/mol. The van der Waals surface area contributed by atoms with Gasteiger partial charge in [0, 0.05) is 0 Å². The third-order valence-corrected chi connectivity index (χ3v) is 2.22. The third kappa shape index (κ3) is 4.88. The third-order valence-electron chi connectivity index (χ3n) is 0.153. The van der Waals surface area contributed by atoms with Gasteiger partial charge in [0.05, 0.1) is 0 Å². The summed E-state index contributed by atoms with van der Waals surface area (Å²) in [4.78, 5) is 0. The Bertz CT molecular complexity index is 23.6. The second-order valence-electron chi connectivity index (χ2n) is 0.705. The molecule has 0 spiro atoms. The molecule has 0 aliphatic carbocycles. The molecule has 0 aromatic rings. The molecule has 0 heterocycles. The zero-order chi connectivity index (χ0) is 4.28. The Morgan fingerprint density at radius 3 is 2.00 bits per heavy atom. The molecule has 0 saturated carbocycles. The zero-order valence-electron chi connectivity index (χ0n) is 2.88.